The third-order valence-corrected chi connectivity index (χ3v) is 5.05. The highest BCUT2D eigenvalue weighted by Gasteiger charge is 2.23. The Morgan fingerprint density at radius 2 is 2.10 bits per heavy atom. The number of sulfone groups is 1. The topological polar surface area (TPSA) is 68.3 Å². The van der Waals surface area contributed by atoms with Crippen LogP contribution < -0.4 is 10.1 Å². The molecule has 0 bridgehead atoms. The van der Waals surface area contributed by atoms with E-state index in [2.05, 4.69) is 10.3 Å². The van der Waals surface area contributed by atoms with Crippen molar-refractivity contribution in [2.45, 2.75) is 45.4 Å². The SMILES string of the molecule is CC(C)Oc1ncccc1CNC1CCS(=O)(=O)CC1. The summed E-state index contributed by atoms with van der Waals surface area (Å²) in [5, 5.41) is 3.40. The molecule has 6 heteroatoms. The van der Waals surface area contributed by atoms with Crippen LogP contribution in [0.3, 0.4) is 0 Å². The second-order valence-electron chi connectivity index (χ2n) is 5.44. The Kier molecular flexibility index (Phi) is 4.99. The van der Waals surface area contributed by atoms with Gasteiger partial charge in [-0.3, -0.25) is 0 Å². The summed E-state index contributed by atoms with van der Waals surface area (Å²) < 4.78 is 28.4. The Bertz CT molecular complexity index is 529. The van der Waals surface area contributed by atoms with Crippen molar-refractivity contribution in [1.29, 1.82) is 0 Å². The molecule has 0 atom stereocenters. The zero-order valence-electron chi connectivity index (χ0n) is 12.0. The van der Waals surface area contributed by atoms with Crippen LogP contribution in [0.15, 0.2) is 18.3 Å². The van der Waals surface area contributed by atoms with Crippen molar-refractivity contribution >= 4 is 9.84 Å². The van der Waals surface area contributed by atoms with Crippen molar-refractivity contribution in [3.05, 3.63) is 23.9 Å². The van der Waals surface area contributed by atoms with E-state index in [1.807, 2.05) is 26.0 Å². The molecule has 1 aromatic heterocycles. The maximum atomic E-state index is 11.4. The van der Waals surface area contributed by atoms with E-state index in [-0.39, 0.29) is 23.7 Å². The zero-order valence-corrected chi connectivity index (χ0v) is 12.8. The molecule has 2 heterocycles. The van der Waals surface area contributed by atoms with Crippen LogP contribution in [0.2, 0.25) is 0 Å². The summed E-state index contributed by atoms with van der Waals surface area (Å²) in [6.07, 6.45) is 3.17. The van der Waals surface area contributed by atoms with Crippen molar-refractivity contribution in [1.82, 2.24) is 10.3 Å². The lowest BCUT2D eigenvalue weighted by Crippen LogP contribution is -2.37. The summed E-state index contributed by atoms with van der Waals surface area (Å²) in [4.78, 5) is 4.25. The fraction of sp³-hybridized carbons (Fsp3) is 0.643. The van der Waals surface area contributed by atoms with Crippen LogP contribution in [-0.2, 0) is 16.4 Å². The van der Waals surface area contributed by atoms with Gasteiger partial charge in [0.25, 0.3) is 0 Å². The van der Waals surface area contributed by atoms with E-state index in [0.29, 0.717) is 25.3 Å². The lowest BCUT2D eigenvalue weighted by Gasteiger charge is -2.23. The minimum absolute atomic E-state index is 0.0865. The number of aromatic nitrogens is 1. The molecular weight excluding hydrogens is 276 g/mol. The summed E-state index contributed by atoms with van der Waals surface area (Å²) >= 11 is 0. The molecule has 2 rings (SSSR count). The van der Waals surface area contributed by atoms with Crippen molar-refractivity contribution in [3.8, 4) is 5.88 Å². The minimum Gasteiger partial charge on any atom is -0.475 e. The minimum atomic E-state index is -2.80. The van der Waals surface area contributed by atoms with Crippen LogP contribution in [0.4, 0.5) is 0 Å². The molecular formula is C14H22N2O3S. The number of hydrogen-bond donors (Lipinski definition) is 1. The van der Waals surface area contributed by atoms with Gasteiger partial charge in [-0.1, -0.05) is 6.07 Å². The van der Waals surface area contributed by atoms with Gasteiger partial charge in [-0.2, -0.15) is 0 Å². The Morgan fingerprint density at radius 1 is 1.40 bits per heavy atom. The number of nitrogens with one attached hydrogen (secondary N) is 1. The summed E-state index contributed by atoms with van der Waals surface area (Å²) in [7, 11) is -2.80. The van der Waals surface area contributed by atoms with E-state index in [0.717, 1.165) is 5.56 Å². The third-order valence-electron chi connectivity index (χ3n) is 3.33. The van der Waals surface area contributed by atoms with Gasteiger partial charge in [0.2, 0.25) is 5.88 Å². The molecule has 20 heavy (non-hydrogen) atoms. The predicted octanol–water partition coefficient (Wildman–Crippen LogP) is 1.54. The fourth-order valence-corrected chi connectivity index (χ4v) is 3.73. The highest BCUT2D eigenvalue weighted by Crippen LogP contribution is 2.17. The summed E-state index contributed by atoms with van der Waals surface area (Å²) in [6.45, 7) is 4.59. The van der Waals surface area contributed by atoms with Crippen molar-refractivity contribution in [3.63, 3.8) is 0 Å². The maximum absolute atomic E-state index is 11.4. The van der Waals surface area contributed by atoms with E-state index in [4.69, 9.17) is 4.74 Å². The molecule has 1 aliphatic heterocycles. The van der Waals surface area contributed by atoms with Gasteiger partial charge < -0.3 is 10.1 Å². The molecule has 1 saturated heterocycles. The smallest absolute Gasteiger partial charge is 0.218 e. The van der Waals surface area contributed by atoms with E-state index in [9.17, 15) is 8.42 Å². The normalized spacial score (nSPS) is 19.1. The lowest BCUT2D eigenvalue weighted by atomic mass is 10.1. The summed E-state index contributed by atoms with van der Waals surface area (Å²) in [5.74, 6) is 1.22. The van der Waals surface area contributed by atoms with Crippen LogP contribution in [0.25, 0.3) is 0 Å². The molecule has 0 unspecified atom stereocenters. The molecule has 1 fully saturated rings. The lowest BCUT2D eigenvalue weighted by molar-refractivity contribution is 0.229. The van der Waals surface area contributed by atoms with Gasteiger partial charge in [0.15, 0.2) is 0 Å². The number of pyridine rings is 1. The molecule has 0 aliphatic carbocycles. The van der Waals surface area contributed by atoms with Crippen LogP contribution in [0, 0.1) is 0 Å². The number of ether oxygens (including phenoxy) is 1. The molecule has 0 spiro atoms. The van der Waals surface area contributed by atoms with Gasteiger partial charge in [0.1, 0.15) is 9.84 Å². The predicted molar refractivity (Wildman–Crippen MR) is 78.5 cm³/mol. The monoisotopic (exact) mass is 298 g/mol. The Balaban J connectivity index is 1.91. The van der Waals surface area contributed by atoms with E-state index in [1.165, 1.54) is 0 Å². The molecule has 5 nitrogen and oxygen atoms in total. The van der Waals surface area contributed by atoms with Crippen molar-refractivity contribution in [2.75, 3.05) is 11.5 Å². The molecule has 1 aromatic rings. The zero-order chi connectivity index (χ0) is 14.6. The van der Waals surface area contributed by atoms with Gasteiger partial charge in [-0.15, -0.1) is 0 Å². The first kappa shape index (κ1) is 15.3. The highest BCUT2D eigenvalue weighted by atomic mass is 32.2. The molecule has 1 aliphatic rings. The fourth-order valence-electron chi connectivity index (χ4n) is 2.24. The summed E-state index contributed by atoms with van der Waals surface area (Å²) in [5.41, 5.74) is 1.01. The largest absolute Gasteiger partial charge is 0.475 e. The van der Waals surface area contributed by atoms with Crippen LogP contribution in [-0.4, -0.2) is 37.1 Å². The second kappa shape index (κ2) is 6.54. The highest BCUT2D eigenvalue weighted by molar-refractivity contribution is 7.91. The molecule has 112 valence electrons. The average Bonchev–Trinajstić information content (AvgIpc) is 2.38. The standard InChI is InChI=1S/C14H22N2O3S/c1-11(2)19-14-12(4-3-7-15-14)10-16-13-5-8-20(17,18)9-6-13/h3-4,7,11,13,16H,5-6,8-10H2,1-2H3. The molecule has 0 radical (unpaired) electrons. The van der Waals surface area contributed by atoms with Gasteiger partial charge in [0.05, 0.1) is 17.6 Å². The Labute approximate surface area is 120 Å². The van der Waals surface area contributed by atoms with Crippen LogP contribution in [0.1, 0.15) is 32.3 Å². The average molecular weight is 298 g/mol. The maximum Gasteiger partial charge on any atom is 0.218 e. The number of hydrogen-bond acceptors (Lipinski definition) is 5. The van der Waals surface area contributed by atoms with Crippen molar-refractivity contribution in [2.24, 2.45) is 0 Å². The van der Waals surface area contributed by atoms with Gasteiger partial charge in [0, 0.05) is 24.3 Å². The third kappa shape index (κ3) is 4.45. The number of rotatable bonds is 5. The van der Waals surface area contributed by atoms with Gasteiger partial charge >= 0.3 is 0 Å². The Hall–Kier alpha value is -1.14. The molecule has 1 N–H and O–H groups in total. The van der Waals surface area contributed by atoms with E-state index >= 15 is 0 Å². The van der Waals surface area contributed by atoms with Crippen molar-refractivity contribution < 1.29 is 13.2 Å². The molecule has 0 amide bonds. The van der Waals surface area contributed by atoms with E-state index in [1.54, 1.807) is 6.20 Å². The van der Waals surface area contributed by atoms with E-state index < -0.39 is 9.84 Å². The second-order valence-corrected chi connectivity index (χ2v) is 7.74. The Morgan fingerprint density at radius 3 is 2.75 bits per heavy atom. The van der Waals surface area contributed by atoms with Gasteiger partial charge in [-0.05, 0) is 32.8 Å². The first-order chi connectivity index (χ1) is 9.46. The van der Waals surface area contributed by atoms with Crippen LogP contribution in [0.5, 0.6) is 5.88 Å². The first-order valence-electron chi connectivity index (χ1n) is 7.00. The quantitative estimate of drug-likeness (QED) is 0.893. The summed E-state index contributed by atoms with van der Waals surface area (Å²) in [6, 6.07) is 4.12. The number of nitrogens with zero attached hydrogens (tertiary/aromatic N) is 1. The molecule has 0 saturated carbocycles. The molecule has 0 aromatic carbocycles. The first-order valence-corrected chi connectivity index (χ1v) is 8.83. The van der Waals surface area contributed by atoms with Gasteiger partial charge in [-0.25, -0.2) is 13.4 Å². The van der Waals surface area contributed by atoms with Crippen LogP contribution >= 0.6 is 0 Å².